The lowest BCUT2D eigenvalue weighted by molar-refractivity contribution is -0.430. The molecule has 0 aliphatic heterocycles. The second-order valence-corrected chi connectivity index (χ2v) is 3.69. The molecule has 0 spiro atoms. The molecule has 0 aliphatic rings. The third kappa shape index (κ3) is 2.85. The highest BCUT2D eigenvalue weighted by molar-refractivity contribution is 5.65. The van der Waals surface area contributed by atoms with Crippen molar-refractivity contribution in [1.82, 2.24) is 0 Å². The molecule has 3 nitrogen and oxygen atoms in total. The minimum absolute atomic E-state index is 0.0249. The Balaban J connectivity index is 2.89. The van der Waals surface area contributed by atoms with E-state index < -0.39 is 5.97 Å². The first-order valence-corrected chi connectivity index (χ1v) is 4.60. The van der Waals surface area contributed by atoms with Crippen LogP contribution >= 0.6 is 0 Å². The van der Waals surface area contributed by atoms with Gasteiger partial charge in [-0.1, -0.05) is 29.3 Å². The van der Waals surface area contributed by atoms with Crippen molar-refractivity contribution in [1.29, 1.82) is 0 Å². The van der Waals surface area contributed by atoms with Crippen LogP contribution in [0.15, 0.2) is 18.2 Å². The van der Waals surface area contributed by atoms with E-state index in [2.05, 4.69) is 11.8 Å². The normalized spacial score (nSPS) is 12.5. The Labute approximate surface area is 83.6 Å². The Morgan fingerprint density at radius 2 is 1.86 bits per heavy atom. The maximum Gasteiger partial charge on any atom is 0.115 e. The molecule has 3 N–H and O–H groups in total. The standard InChI is InChI=1S/C11H15NO2/c1-7-3-8(2)5-9(4-7)10(12)6-11(13)14/h3-5,10H,6,12H2,1-2H3,(H,13,14)/t10-/m0/s1. The molecule has 0 saturated carbocycles. The number of aliphatic carboxylic acids is 1. The number of benzene rings is 1. The molecule has 0 aliphatic carbocycles. The van der Waals surface area contributed by atoms with Gasteiger partial charge in [0.25, 0.3) is 0 Å². The molecule has 14 heavy (non-hydrogen) atoms. The van der Waals surface area contributed by atoms with Gasteiger partial charge in [0.1, 0.15) is 6.04 Å². The van der Waals surface area contributed by atoms with Crippen molar-refractivity contribution in [3.05, 3.63) is 34.9 Å². The van der Waals surface area contributed by atoms with Gasteiger partial charge in [-0.15, -0.1) is 0 Å². The molecule has 0 aromatic heterocycles. The first-order valence-electron chi connectivity index (χ1n) is 4.60. The minimum atomic E-state index is -1.05. The fourth-order valence-electron chi connectivity index (χ4n) is 1.56. The molecule has 1 aromatic rings. The predicted molar refractivity (Wildman–Crippen MR) is 51.2 cm³/mol. The second kappa shape index (κ2) is 4.24. The van der Waals surface area contributed by atoms with E-state index in [4.69, 9.17) is 0 Å². The van der Waals surface area contributed by atoms with E-state index in [0.717, 1.165) is 16.7 Å². The largest absolute Gasteiger partial charge is 0.550 e. The topological polar surface area (TPSA) is 67.8 Å². The number of hydrogen-bond acceptors (Lipinski definition) is 2. The molecule has 0 bridgehead atoms. The van der Waals surface area contributed by atoms with Gasteiger partial charge in [-0.05, 0) is 13.8 Å². The number of aryl methyl sites for hydroxylation is 2. The highest BCUT2D eigenvalue weighted by Crippen LogP contribution is 2.15. The van der Waals surface area contributed by atoms with E-state index in [9.17, 15) is 9.90 Å². The average Bonchev–Trinajstić information content (AvgIpc) is 2.00. The van der Waals surface area contributed by atoms with E-state index in [1.165, 1.54) is 0 Å². The number of carboxylic acids is 1. The van der Waals surface area contributed by atoms with E-state index in [1.54, 1.807) is 0 Å². The molecule has 0 fully saturated rings. The third-order valence-electron chi connectivity index (χ3n) is 2.13. The zero-order chi connectivity index (χ0) is 10.7. The third-order valence-corrected chi connectivity index (χ3v) is 2.13. The summed E-state index contributed by atoms with van der Waals surface area (Å²) < 4.78 is 0. The number of quaternary nitrogens is 1. The van der Waals surface area contributed by atoms with Crippen LogP contribution in [0, 0.1) is 13.8 Å². The van der Waals surface area contributed by atoms with Crippen molar-refractivity contribution in [3.63, 3.8) is 0 Å². The smallest absolute Gasteiger partial charge is 0.115 e. The zero-order valence-electron chi connectivity index (χ0n) is 8.54. The molecule has 3 heteroatoms. The zero-order valence-corrected chi connectivity index (χ0v) is 8.54. The number of hydrogen-bond donors (Lipinski definition) is 1. The molecule has 1 atom stereocenters. The van der Waals surface area contributed by atoms with Crippen LogP contribution < -0.4 is 10.8 Å². The minimum Gasteiger partial charge on any atom is -0.550 e. The summed E-state index contributed by atoms with van der Waals surface area (Å²) in [4.78, 5) is 10.4. The van der Waals surface area contributed by atoms with Gasteiger partial charge < -0.3 is 15.6 Å². The van der Waals surface area contributed by atoms with Crippen LogP contribution in [0.2, 0.25) is 0 Å². The molecule has 76 valence electrons. The summed E-state index contributed by atoms with van der Waals surface area (Å²) in [6.07, 6.45) is -0.0249. The summed E-state index contributed by atoms with van der Waals surface area (Å²) >= 11 is 0. The molecule has 0 heterocycles. The van der Waals surface area contributed by atoms with Crippen molar-refractivity contribution in [2.75, 3.05) is 0 Å². The summed E-state index contributed by atoms with van der Waals surface area (Å²) in [6, 6.07) is 5.76. The van der Waals surface area contributed by atoms with Crippen LogP contribution in [-0.4, -0.2) is 5.97 Å². The van der Waals surface area contributed by atoms with E-state index in [1.807, 2.05) is 26.0 Å². The highest BCUT2D eigenvalue weighted by Gasteiger charge is 2.10. The van der Waals surface area contributed by atoms with Gasteiger partial charge in [-0.3, -0.25) is 0 Å². The summed E-state index contributed by atoms with van der Waals surface area (Å²) in [6.45, 7) is 3.98. The van der Waals surface area contributed by atoms with E-state index in [-0.39, 0.29) is 12.5 Å². The van der Waals surface area contributed by atoms with Gasteiger partial charge in [0.2, 0.25) is 0 Å². The van der Waals surface area contributed by atoms with Crippen LogP contribution in [0.4, 0.5) is 0 Å². The van der Waals surface area contributed by atoms with Crippen LogP contribution in [0.25, 0.3) is 0 Å². The lowest BCUT2D eigenvalue weighted by Gasteiger charge is -2.11. The molecule has 1 rings (SSSR count). The number of carbonyl (C=O) groups excluding carboxylic acids is 1. The lowest BCUT2D eigenvalue weighted by atomic mass is 10.00. The Hall–Kier alpha value is -1.35. The fraction of sp³-hybridized carbons (Fsp3) is 0.364. The molecular weight excluding hydrogens is 178 g/mol. The molecule has 1 aromatic carbocycles. The van der Waals surface area contributed by atoms with Gasteiger partial charge in [-0.25, -0.2) is 0 Å². The summed E-state index contributed by atoms with van der Waals surface area (Å²) in [7, 11) is 0. The van der Waals surface area contributed by atoms with Gasteiger partial charge >= 0.3 is 0 Å². The van der Waals surface area contributed by atoms with Gasteiger partial charge in [0.15, 0.2) is 0 Å². The van der Waals surface area contributed by atoms with Crippen molar-refractivity contribution < 1.29 is 15.6 Å². The Kier molecular flexibility index (Phi) is 3.25. The average molecular weight is 193 g/mol. The van der Waals surface area contributed by atoms with Crippen molar-refractivity contribution in [2.24, 2.45) is 0 Å². The summed E-state index contributed by atoms with van der Waals surface area (Å²) in [5.74, 6) is -1.05. The van der Waals surface area contributed by atoms with E-state index in [0.29, 0.717) is 0 Å². The quantitative estimate of drug-likeness (QED) is 0.717. The van der Waals surface area contributed by atoms with E-state index >= 15 is 0 Å². The second-order valence-electron chi connectivity index (χ2n) is 3.69. The summed E-state index contributed by atoms with van der Waals surface area (Å²) in [5, 5.41) is 10.4. The van der Waals surface area contributed by atoms with Crippen LogP contribution in [0.5, 0.6) is 0 Å². The summed E-state index contributed by atoms with van der Waals surface area (Å²) in [5.41, 5.74) is 7.04. The number of rotatable bonds is 3. The molecule has 0 saturated heterocycles. The number of carbonyl (C=O) groups is 1. The van der Waals surface area contributed by atoms with Crippen LogP contribution in [0.1, 0.15) is 29.2 Å². The molecule has 0 radical (unpaired) electrons. The lowest BCUT2D eigenvalue weighted by Crippen LogP contribution is -2.55. The Bertz CT molecular complexity index is 327. The molecule has 0 amide bonds. The maximum atomic E-state index is 10.4. The SMILES string of the molecule is Cc1cc(C)cc([C@@H]([NH3+])CC(=O)[O-])c1. The highest BCUT2D eigenvalue weighted by atomic mass is 16.4. The van der Waals surface area contributed by atoms with Gasteiger partial charge in [-0.2, -0.15) is 0 Å². The van der Waals surface area contributed by atoms with Gasteiger partial charge in [0.05, 0.1) is 0 Å². The van der Waals surface area contributed by atoms with Crippen LogP contribution in [0.3, 0.4) is 0 Å². The van der Waals surface area contributed by atoms with Crippen molar-refractivity contribution >= 4 is 5.97 Å². The Morgan fingerprint density at radius 1 is 1.36 bits per heavy atom. The number of carboxylic acid groups (broad SMARTS) is 1. The first kappa shape index (κ1) is 10.7. The monoisotopic (exact) mass is 193 g/mol. The fourth-order valence-corrected chi connectivity index (χ4v) is 1.56. The predicted octanol–water partition coefficient (Wildman–Crippen LogP) is -0.274. The Morgan fingerprint density at radius 3 is 2.29 bits per heavy atom. The maximum absolute atomic E-state index is 10.4. The molecular formula is C11H15NO2. The first-order chi connectivity index (χ1) is 6.49. The van der Waals surface area contributed by atoms with Gasteiger partial charge in [0, 0.05) is 18.0 Å². The van der Waals surface area contributed by atoms with Crippen LogP contribution in [-0.2, 0) is 4.79 Å². The molecule has 0 unspecified atom stereocenters. The van der Waals surface area contributed by atoms with Crippen molar-refractivity contribution in [3.8, 4) is 0 Å². The van der Waals surface area contributed by atoms with Crippen molar-refractivity contribution in [2.45, 2.75) is 26.3 Å².